The number of alkyl halides is 2. The lowest BCUT2D eigenvalue weighted by Crippen LogP contribution is -2.42. The second-order valence-electron chi connectivity index (χ2n) is 9.57. The predicted octanol–water partition coefficient (Wildman–Crippen LogP) is 6.60. The fourth-order valence-electron chi connectivity index (χ4n) is 4.83. The molecule has 0 bridgehead atoms. The Labute approximate surface area is 214 Å². The van der Waals surface area contributed by atoms with Gasteiger partial charge in [-0.15, -0.1) is 0 Å². The first-order valence-corrected chi connectivity index (χ1v) is 12.5. The summed E-state index contributed by atoms with van der Waals surface area (Å²) in [6.07, 6.45) is 3.53. The SMILES string of the molecule is Cc1c(C=C2CCN(C(=O)C3CCC(F)(F)CC3)CC2)cc(Cl)cc1NC(=O)c1cccc(C#N)c1. The summed E-state index contributed by atoms with van der Waals surface area (Å²) < 4.78 is 26.9. The fourth-order valence-corrected chi connectivity index (χ4v) is 5.05. The molecule has 36 heavy (non-hydrogen) atoms. The van der Waals surface area contributed by atoms with E-state index in [2.05, 4.69) is 11.4 Å². The van der Waals surface area contributed by atoms with Crippen molar-refractivity contribution in [3.05, 3.63) is 69.2 Å². The lowest BCUT2D eigenvalue weighted by Gasteiger charge is -2.34. The number of likely N-dealkylation sites (tertiary alicyclic amines) is 1. The van der Waals surface area contributed by atoms with E-state index < -0.39 is 5.92 Å². The average molecular weight is 512 g/mol. The van der Waals surface area contributed by atoms with Crippen molar-refractivity contribution in [1.29, 1.82) is 5.26 Å². The number of hydrogen-bond donors (Lipinski definition) is 1. The number of benzene rings is 2. The molecule has 0 spiro atoms. The van der Waals surface area contributed by atoms with Gasteiger partial charge in [-0.2, -0.15) is 5.26 Å². The third kappa shape index (κ3) is 6.11. The number of anilines is 1. The third-order valence-corrected chi connectivity index (χ3v) is 7.28. The van der Waals surface area contributed by atoms with Gasteiger partial charge in [0.1, 0.15) is 0 Å². The van der Waals surface area contributed by atoms with Crippen LogP contribution in [-0.4, -0.2) is 35.7 Å². The summed E-state index contributed by atoms with van der Waals surface area (Å²) >= 11 is 6.36. The lowest BCUT2D eigenvalue weighted by molar-refractivity contribution is -0.140. The zero-order chi connectivity index (χ0) is 25.9. The van der Waals surface area contributed by atoms with Gasteiger partial charge in [0.25, 0.3) is 5.91 Å². The molecule has 0 atom stereocenters. The van der Waals surface area contributed by atoms with Gasteiger partial charge >= 0.3 is 0 Å². The minimum absolute atomic E-state index is 0.00560. The summed E-state index contributed by atoms with van der Waals surface area (Å²) in [5.74, 6) is -3.27. The molecular weight excluding hydrogens is 484 g/mol. The van der Waals surface area contributed by atoms with Crippen molar-refractivity contribution in [2.45, 2.75) is 51.4 Å². The van der Waals surface area contributed by atoms with Crippen LogP contribution < -0.4 is 5.32 Å². The second kappa shape index (κ2) is 10.8. The van der Waals surface area contributed by atoms with Crippen molar-refractivity contribution in [1.82, 2.24) is 4.90 Å². The van der Waals surface area contributed by atoms with E-state index in [4.69, 9.17) is 16.9 Å². The molecule has 1 saturated carbocycles. The highest BCUT2D eigenvalue weighted by molar-refractivity contribution is 6.31. The Hall–Kier alpha value is -3.24. The topological polar surface area (TPSA) is 73.2 Å². The van der Waals surface area contributed by atoms with Gasteiger partial charge in [0.2, 0.25) is 11.8 Å². The van der Waals surface area contributed by atoms with Gasteiger partial charge in [0.15, 0.2) is 0 Å². The van der Waals surface area contributed by atoms with Crippen LogP contribution in [0.15, 0.2) is 42.0 Å². The number of carbonyl (C=O) groups excluding carboxylic acids is 2. The standard InChI is InChI=1S/C28H28ClF2N3O2/c1-18-23(15-24(29)16-25(18)33-26(35)22-4-2-3-20(14-22)17-32)13-19-7-11-34(12-8-19)27(36)21-5-9-28(30,31)10-6-21/h2-4,13-16,21H,5-12H2,1H3,(H,33,35). The van der Waals surface area contributed by atoms with E-state index in [1.807, 2.05) is 19.1 Å². The minimum Gasteiger partial charge on any atom is -0.342 e. The van der Waals surface area contributed by atoms with Gasteiger partial charge in [-0.05, 0) is 74.1 Å². The lowest BCUT2D eigenvalue weighted by atomic mass is 9.85. The van der Waals surface area contributed by atoms with Crippen LogP contribution >= 0.6 is 11.6 Å². The molecule has 2 fully saturated rings. The van der Waals surface area contributed by atoms with Gasteiger partial charge in [-0.25, -0.2) is 8.78 Å². The van der Waals surface area contributed by atoms with Crippen molar-refractivity contribution < 1.29 is 18.4 Å². The summed E-state index contributed by atoms with van der Waals surface area (Å²) in [6.45, 7) is 3.04. The number of hydrogen-bond acceptors (Lipinski definition) is 3. The Morgan fingerprint density at radius 1 is 1.17 bits per heavy atom. The second-order valence-corrected chi connectivity index (χ2v) is 10.0. The molecule has 1 N–H and O–H groups in total. The number of rotatable bonds is 4. The maximum absolute atomic E-state index is 13.4. The number of halogens is 3. The smallest absolute Gasteiger partial charge is 0.255 e. The van der Waals surface area contributed by atoms with E-state index in [9.17, 15) is 18.4 Å². The molecule has 0 radical (unpaired) electrons. The molecule has 1 heterocycles. The van der Waals surface area contributed by atoms with Crippen LogP contribution in [0.2, 0.25) is 5.02 Å². The van der Waals surface area contributed by atoms with E-state index in [1.54, 1.807) is 29.2 Å². The molecule has 4 rings (SSSR count). The summed E-state index contributed by atoms with van der Waals surface area (Å²) in [5.41, 5.74) is 4.28. The van der Waals surface area contributed by atoms with Crippen molar-refractivity contribution in [2.24, 2.45) is 5.92 Å². The van der Waals surface area contributed by atoms with Crippen LogP contribution in [0.1, 0.15) is 65.6 Å². The van der Waals surface area contributed by atoms with Gasteiger partial charge < -0.3 is 10.2 Å². The third-order valence-electron chi connectivity index (χ3n) is 7.06. The highest BCUT2D eigenvalue weighted by Gasteiger charge is 2.38. The highest BCUT2D eigenvalue weighted by atomic mass is 35.5. The molecule has 2 amide bonds. The normalized spacial score (nSPS) is 17.9. The Morgan fingerprint density at radius 2 is 1.86 bits per heavy atom. The number of nitriles is 1. The van der Waals surface area contributed by atoms with Crippen LogP contribution in [-0.2, 0) is 4.79 Å². The van der Waals surface area contributed by atoms with Crippen LogP contribution in [0.4, 0.5) is 14.5 Å². The first-order valence-electron chi connectivity index (χ1n) is 12.1. The van der Waals surface area contributed by atoms with Gasteiger partial charge in [-0.3, -0.25) is 9.59 Å². The molecule has 1 saturated heterocycles. The fraction of sp³-hybridized carbons (Fsp3) is 0.393. The summed E-state index contributed by atoms with van der Waals surface area (Å²) in [7, 11) is 0. The van der Waals surface area contributed by atoms with E-state index in [0.29, 0.717) is 47.8 Å². The van der Waals surface area contributed by atoms with Gasteiger partial charge in [0, 0.05) is 48.1 Å². The molecule has 188 valence electrons. The molecule has 2 aliphatic rings. The number of carbonyl (C=O) groups is 2. The van der Waals surface area contributed by atoms with Gasteiger partial charge in [0.05, 0.1) is 11.6 Å². The highest BCUT2D eigenvalue weighted by Crippen LogP contribution is 2.37. The molecule has 0 aromatic heterocycles. The Bertz CT molecular complexity index is 1230. The number of piperidine rings is 1. The molecule has 8 heteroatoms. The molecular formula is C28H28ClF2N3O2. The van der Waals surface area contributed by atoms with Crippen molar-refractivity contribution in [2.75, 3.05) is 18.4 Å². The molecule has 2 aromatic carbocycles. The van der Waals surface area contributed by atoms with Crippen molar-refractivity contribution in [3.8, 4) is 6.07 Å². The Morgan fingerprint density at radius 3 is 2.53 bits per heavy atom. The van der Waals surface area contributed by atoms with E-state index >= 15 is 0 Å². The zero-order valence-electron chi connectivity index (χ0n) is 20.1. The predicted molar refractivity (Wildman–Crippen MR) is 136 cm³/mol. The number of nitrogens with one attached hydrogen (secondary N) is 1. The van der Waals surface area contributed by atoms with Crippen molar-refractivity contribution in [3.63, 3.8) is 0 Å². The minimum atomic E-state index is -2.64. The van der Waals surface area contributed by atoms with Crippen molar-refractivity contribution >= 4 is 35.2 Å². The summed E-state index contributed by atoms with van der Waals surface area (Å²) in [5, 5.41) is 12.5. The average Bonchev–Trinajstić information content (AvgIpc) is 2.87. The van der Waals surface area contributed by atoms with E-state index in [-0.39, 0.29) is 43.4 Å². The quantitative estimate of drug-likeness (QED) is 0.502. The molecule has 0 unspecified atom stereocenters. The maximum Gasteiger partial charge on any atom is 0.255 e. The molecule has 1 aliphatic heterocycles. The zero-order valence-corrected chi connectivity index (χ0v) is 20.9. The summed E-state index contributed by atoms with van der Waals surface area (Å²) in [6, 6.07) is 12.0. The van der Waals surface area contributed by atoms with Gasteiger partial charge in [-0.1, -0.05) is 29.3 Å². The molecule has 1 aliphatic carbocycles. The Kier molecular flexibility index (Phi) is 7.75. The van der Waals surface area contributed by atoms with Crippen LogP contribution in [0.5, 0.6) is 0 Å². The Balaban J connectivity index is 1.42. The number of amides is 2. The maximum atomic E-state index is 13.4. The first kappa shape index (κ1) is 25.8. The van der Waals surface area contributed by atoms with E-state index in [0.717, 1.165) is 11.1 Å². The van der Waals surface area contributed by atoms with Crippen LogP contribution in [0.3, 0.4) is 0 Å². The largest absolute Gasteiger partial charge is 0.342 e. The summed E-state index contributed by atoms with van der Waals surface area (Å²) in [4.78, 5) is 27.4. The number of nitrogens with zero attached hydrogens (tertiary/aromatic N) is 2. The monoisotopic (exact) mass is 511 g/mol. The van der Waals surface area contributed by atoms with Crippen LogP contribution in [0, 0.1) is 24.2 Å². The first-order chi connectivity index (χ1) is 17.1. The molecule has 2 aromatic rings. The van der Waals surface area contributed by atoms with E-state index in [1.165, 1.54) is 11.6 Å². The molecule has 5 nitrogen and oxygen atoms in total. The van der Waals surface area contributed by atoms with Crippen LogP contribution in [0.25, 0.3) is 6.08 Å².